The number of hydrogen-bond acceptors (Lipinski definition) is 4. The molecule has 1 aliphatic carbocycles. The quantitative estimate of drug-likeness (QED) is 0.769. The van der Waals surface area contributed by atoms with Crippen molar-refractivity contribution in [3.8, 4) is 0 Å². The Bertz CT molecular complexity index is 1040. The SMILES string of the molecule is Cc1cc(C)cc(NC(=O)Cn2cnc3sc4c(c3c2=O)CCCC4)c1. The second-order valence-electron chi connectivity index (χ2n) is 6.99. The molecule has 5 nitrogen and oxygen atoms in total. The van der Waals surface area contributed by atoms with Crippen LogP contribution in [0.5, 0.6) is 0 Å². The summed E-state index contributed by atoms with van der Waals surface area (Å²) in [7, 11) is 0. The van der Waals surface area contributed by atoms with Crippen molar-refractivity contribution in [2.45, 2.75) is 46.1 Å². The van der Waals surface area contributed by atoms with Crippen LogP contribution in [0.3, 0.4) is 0 Å². The zero-order chi connectivity index (χ0) is 18.3. The summed E-state index contributed by atoms with van der Waals surface area (Å²) in [5.41, 5.74) is 3.97. The van der Waals surface area contributed by atoms with Crippen LogP contribution >= 0.6 is 11.3 Å². The molecule has 0 aliphatic heterocycles. The van der Waals surface area contributed by atoms with Crippen LogP contribution in [0.4, 0.5) is 5.69 Å². The Balaban J connectivity index is 1.61. The topological polar surface area (TPSA) is 64.0 Å². The molecule has 2 aromatic heterocycles. The van der Waals surface area contributed by atoms with E-state index >= 15 is 0 Å². The van der Waals surface area contributed by atoms with Gasteiger partial charge in [-0.15, -0.1) is 11.3 Å². The highest BCUT2D eigenvalue weighted by Crippen LogP contribution is 2.33. The van der Waals surface area contributed by atoms with Crippen LogP contribution < -0.4 is 10.9 Å². The Morgan fingerprint density at radius 1 is 1.19 bits per heavy atom. The summed E-state index contributed by atoms with van der Waals surface area (Å²) < 4.78 is 1.42. The maximum atomic E-state index is 12.9. The van der Waals surface area contributed by atoms with Crippen LogP contribution in [0.15, 0.2) is 29.3 Å². The van der Waals surface area contributed by atoms with Gasteiger partial charge in [0.25, 0.3) is 5.56 Å². The molecule has 1 N–H and O–H groups in total. The molecule has 1 aliphatic rings. The van der Waals surface area contributed by atoms with Gasteiger partial charge in [-0.1, -0.05) is 6.07 Å². The molecule has 0 unspecified atom stereocenters. The summed E-state index contributed by atoms with van der Waals surface area (Å²) in [4.78, 5) is 31.9. The smallest absolute Gasteiger partial charge is 0.262 e. The van der Waals surface area contributed by atoms with E-state index < -0.39 is 0 Å². The second-order valence-corrected chi connectivity index (χ2v) is 8.08. The van der Waals surface area contributed by atoms with Crippen molar-refractivity contribution in [3.05, 3.63) is 56.4 Å². The summed E-state index contributed by atoms with van der Waals surface area (Å²) in [6.45, 7) is 3.95. The molecule has 1 amide bonds. The molecule has 4 rings (SSSR count). The maximum Gasteiger partial charge on any atom is 0.262 e. The molecule has 2 heterocycles. The van der Waals surface area contributed by atoms with Crippen molar-refractivity contribution < 1.29 is 4.79 Å². The largest absolute Gasteiger partial charge is 0.325 e. The third-order valence-electron chi connectivity index (χ3n) is 4.76. The molecule has 0 bridgehead atoms. The molecular formula is C20H21N3O2S. The normalized spacial score (nSPS) is 13.6. The lowest BCUT2D eigenvalue weighted by molar-refractivity contribution is -0.116. The Hall–Kier alpha value is -2.47. The Morgan fingerprint density at radius 2 is 1.92 bits per heavy atom. The lowest BCUT2D eigenvalue weighted by Gasteiger charge is -2.11. The molecule has 0 atom stereocenters. The molecule has 3 aromatic rings. The van der Waals surface area contributed by atoms with Gasteiger partial charge < -0.3 is 5.32 Å². The highest BCUT2D eigenvalue weighted by molar-refractivity contribution is 7.18. The minimum atomic E-state index is -0.220. The molecule has 6 heteroatoms. The number of benzene rings is 1. The fraction of sp³-hybridized carbons (Fsp3) is 0.350. The summed E-state index contributed by atoms with van der Waals surface area (Å²) in [6, 6.07) is 5.90. The number of aryl methyl sites for hydroxylation is 4. The standard InChI is InChI=1S/C20H21N3O2S/c1-12-7-13(2)9-14(8-12)22-17(24)10-23-11-21-19-18(20(23)25)15-5-3-4-6-16(15)26-19/h7-9,11H,3-6,10H2,1-2H3,(H,22,24). The number of thiophene rings is 1. The summed E-state index contributed by atoms with van der Waals surface area (Å²) in [6.07, 6.45) is 5.74. The van der Waals surface area contributed by atoms with Crippen LogP contribution in [0, 0.1) is 13.8 Å². The van der Waals surface area contributed by atoms with Crippen LogP contribution in [0.25, 0.3) is 10.2 Å². The lowest BCUT2D eigenvalue weighted by atomic mass is 9.97. The van der Waals surface area contributed by atoms with Gasteiger partial charge in [0.2, 0.25) is 5.91 Å². The number of fused-ring (bicyclic) bond motifs is 3. The number of nitrogens with zero attached hydrogens (tertiary/aromatic N) is 2. The molecule has 0 radical (unpaired) electrons. The van der Waals surface area contributed by atoms with Crippen molar-refractivity contribution in [2.24, 2.45) is 0 Å². The number of nitrogens with one attached hydrogen (secondary N) is 1. The van der Waals surface area contributed by atoms with E-state index in [9.17, 15) is 9.59 Å². The van der Waals surface area contributed by atoms with Gasteiger partial charge in [0, 0.05) is 10.6 Å². The Kier molecular flexibility index (Phi) is 4.36. The molecular weight excluding hydrogens is 346 g/mol. The predicted molar refractivity (Wildman–Crippen MR) is 105 cm³/mol. The third-order valence-corrected chi connectivity index (χ3v) is 5.96. The molecule has 0 fully saturated rings. The molecule has 26 heavy (non-hydrogen) atoms. The molecule has 134 valence electrons. The number of rotatable bonds is 3. The summed E-state index contributed by atoms with van der Waals surface area (Å²) in [5, 5.41) is 3.59. The highest BCUT2D eigenvalue weighted by atomic mass is 32.1. The second kappa shape index (κ2) is 6.68. The molecule has 1 aromatic carbocycles. The number of amides is 1. The van der Waals surface area contributed by atoms with Gasteiger partial charge in [-0.25, -0.2) is 4.98 Å². The van der Waals surface area contributed by atoms with E-state index in [0.29, 0.717) is 5.39 Å². The van der Waals surface area contributed by atoms with Gasteiger partial charge in [0.05, 0.1) is 11.7 Å². The van der Waals surface area contributed by atoms with Gasteiger partial charge in [-0.2, -0.15) is 0 Å². The Morgan fingerprint density at radius 3 is 2.69 bits per heavy atom. The van der Waals surface area contributed by atoms with Crippen molar-refractivity contribution >= 4 is 33.1 Å². The van der Waals surface area contributed by atoms with E-state index in [1.54, 1.807) is 11.3 Å². The number of carbonyl (C=O) groups is 1. The first-order valence-corrected chi connectivity index (χ1v) is 9.71. The number of hydrogen-bond donors (Lipinski definition) is 1. The zero-order valence-corrected chi connectivity index (χ0v) is 15.8. The van der Waals surface area contributed by atoms with Crippen LogP contribution in [0.1, 0.15) is 34.4 Å². The van der Waals surface area contributed by atoms with Gasteiger partial charge in [-0.05, 0) is 68.4 Å². The van der Waals surface area contributed by atoms with E-state index in [-0.39, 0.29) is 18.0 Å². The van der Waals surface area contributed by atoms with Crippen LogP contribution in [-0.4, -0.2) is 15.5 Å². The zero-order valence-electron chi connectivity index (χ0n) is 15.0. The third kappa shape index (κ3) is 3.17. The van der Waals surface area contributed by atoms with E-state index in [4.69, 9.17) is 0 Å². The van der Waals surface area contributed by atoms with E-state index in [0.717, 1.165) is 46.5 Å². The molecule has 0 spiro atoms. The van der Waals surface area contributed by atoms with Gasteiger partial charge in [0.1, 0.15) is 11.4 Å². The van der Waals surface area contributed by atoms with Crippen LogP contribution in [0.2, 0.25) is 0 Å². The van der Waals surface area contributed by atoms with E-state index in [1.165, 1.54) is 22.2 Å². The van der Waals surface area contributed by atoms with Crippen LogP contribution in [-0.2, 0) is 24.2 Å². The van der Waals surface area contributed by atoms with Crippen molar-refractivity contribution in [3.63, 3.8) is 0 Å². The fourth-order valence-corrected chi connectivity index (χ4v) is 4.92. The van der Waals surface area contributed by atoms with Crippen molar-refractivity contribution in [1.82, 2.24) is 9.55 Å². The number of carbonyl (C=O) groups excluding carboxylic acids is 1. The predicted octanol–water partition coefficient (Wildman–Crippen LogP) is 3.59. The van der Waals surface area contributed by atoms with Gasteiger partial charge >= 0.3 is 0 Å². The highest BCUT2D eigenvalue weighted by Gasteiger charge is 2.20. The van der Waals surface area contributed by atoms with Gasteiger partial charge in [-0.3, -0.25) is 14.2 Å². The average Bonchev–Trinajstić information content (AvgIpc) is 2.95. The monoisotopic (exact) mass is 367 g/mol. The average molecular weight is 367 g/mol. The minimum absolute atomic E-state index is 0.0284. The van der Waals surface area contributed by atoms with Crippen molar-refractivity contribution in [1.29, 1.82) is 0 Å². The molecule has 0 saturated carbocycles. The Labute approximate surface area is 155 Å². The molecule has 0 saturated heterocycles. The minimum Gasteiger partial charge on any atom is -0.325 e. The van der Waals surface area contributed by atoms with Crippen molar-refractivity contribution in [2.75, 3.05) is 5.32 Å². The summed E-state index contributed by atoms with van der Waals surface area (Å²) >= 11 is 1.62. The number of aromatic nitrogens is 2. The first-order valence-electron chi connectivity index (χ1n) is 8.89. The van der Waals surface area contributed by atoms with Gasteiger partial charge in [0.15, 0.2) is 0 Å². The first kappa shape index (κ1) is 17.0. The fourth-order valence-electron chi connectivity index (χ4n) is 3.70. The van der Waals surface area contributed by atoms with E-state index in [2.05, 4.69) is 16.4 Å². The first-order chi connectivity index (χ1) is 12.5. The lowest BCUT2D eigenvalue weighted by Crippen LogP contribution is -2.28. The van der Waals surface area contributed by atoms with E-state index in [1.807, 2.05) is 26.0 Å². The number of anilines is 1. The summed E-state index contributed by atoms with van der Waals surface area (Å²) in [5.74, 6) is -0.220. The maximum absolute atomic E-state index is 12.9.